The molecule has 0 bridgehead atoms. The summed E-state index contributed by atoms with van der Waals surface area (Å²) in [4.78, 5) is 4.33. The summed E-state index contributed by atoms with van der Waals surface area (Å²) in [7, 11) is 1.80. The predicted octanol–water partition coefficient (Wildman–Crippen LogP) is 4.00. The molecular formula is C13H10ClFN4OS. The number of hydrogen-bond acceptors (Lipinski definition) is 6. The molecule has 1 aromatic carbocycles. The highest BCUT2D eigenvalue weighted by Crippen LogP contribution is 2.34. The highest BCUT2D eigenvalue weighted by Gasteiger charge is 2.19. The van der Waals surface area contributed by atoms with Gasteiger partial charge in [-0.1, -0.05) is 16.8 Å². The van der Waals surface area contributed by atoms with Crippen molar-refractivity contribution >= 4 is 28.1 Å². The van der Waals surface area contributed by atoms with Crippen LogP contribution in [0.25, 0.3) is 22.8 Å². The van der Waals surface area contributed by atoms with Gasteiger partial charge in [0.1, 0.15) is 10.8 Å². The van der Waals surface area contributed by atoms with Crippen LogP contribution in [0.15, 0.2) is 22.7 Å². The number of hydrogen-bond donors (Lipinski definition) is 1. The normalized spacial score (nSPS) is 10.9. The Morgan fingerprint density at radius 3 is 2.90 bits per heavy atom. The molecule has 3 rings (SSSR count). The lowest BCUT2D eigenvalue weighted by molar-refractivity contribution is 0.432. The molecular weight excluding hydrogens is 315 g/mol. The van der Waals surface area contributed by atoms with Crippen LogP contribution in [-0.2, 0) is 0 Å². The Bertz CT molecular complexity index is 801. The number of anilines is 1. The second-order valence-electron chi connectivity index (χ2n) is 4.27. The number of aromatic nitrogens is 3. The van der Waals surface area contributed by atoms with Crippen molar-refractivity contribution in [3.63, 3.8) is 0 Å². The summed E-state index contributed by atoms with van der Waals surface area (Å²) < 4.78 is 22.7. The van der Waals surface area contributed by atoms with Crippen LogP contribution in [0.1, 0.15) is 5.69 Å². The van der Waals surface area contributed by atoms with Gasteiger partial charge >= 0.3 is 0 Å². The molecule has 2 aromatic heterocycles. The maximum atomic E-state index is 13.2. The van der Waals surface area contributed by atoms with Gasteiger partial charge in [-0.2, -0.15) is 9.36 Å². The van der Waals surface area contributed by atoms with Gasteiger partial charge in [0.25, 0.3) is 5.89 Å². The summed E-state index contributed by atoms with van der Waals surface area (Å²) in [5, 5.41) is 7.81. The van der Waals surface area contributed by atoms with Crippen LogP contribution < -0.4 is 5.32 Å². The molecule has 5 nitrogen and oxygen atoms in total. The number of benzene rings is 1. The van der Waals surface area contributed by atoms with Crippen molar-refractivity contribution in [3.8, 4) is 22.8 Å². The molecule has 0 unspecified atom stereocenters. The molecule has 0 aliphatic carbocycles. The van der Waals surface area contributed by atoms with E-state index in [0.717, 1.165) is 16.3 Å². The first kappa shape index (κ1) is 14.0. The zero-order valence-corrected chi connectivity index (χ0v) is 12.7. The topological polar surface area (TPSA) is 63.8 Å². The fraction of sp³-hybridized carbons (Fsp3) is 0.154. The first-order valence-electron chi connectivity index (χ1n) is 6.03. The Kier molecular flexibility index (Phi) is 3.60. The molecule has 0 fully saturated rings. The summed E-state index contributed by atoms with van der Waals surface area (Å²) in [6.45, 7) is 1.87. The first-order valence-corrected chi connectivity index (χ1v) is 7.19. The Hall–Kier alpha value is -1.99. The van der Waals surface area contributed by atoms with Crippen molar-refractivity contribution in [1.29, 1.82) is 0 Å². The molecule has 0 aliphatic heterocycles. The van der Waals surface area contributed by atoms with Crippen molar-refractivity contribution in [3.05, 3.63) is 34.7 Å². The Morgan fingerprint density at radius 1 is 1.38 bits per heavy atom. The summed E-state index contributed by atoms with van der Waals surface area (Å²) in [5.74, 6) is 0.222. The van der Waals surface area contributed by atoms with Gasteiger partial charge in [0.2, 0.25) is 5.82 Å². The smallest absolute Gasteiger partial charge is 0.263 e. The third kappa shape index (κ3) is 2.50. The molecule has 8 heteroatoms. The minimum absolute atomic E-state index is 0.0168. The molecule has 108 valence electrons. The van der Waals surface area contributed by atoms with Gasteiger partial charge in [-0.15, -0.1) is 0 Å². The lowest BCUT2D eigenvalue weighted by Gasteiger charge is -1.97. The molecule has 2 heterocycles. The number of nitrogens with zero attached hydrogens (tertiary/aromatic N) is 3. The van der Waals surface area contributed by atoms with Crippen LogP contribution in [0.2, 0.25) is 5.02 Å². The molecule has 0 spiro atoms. The summed E-state index contributed by atoms with van der Waals surface area (Å²) >= 11 is 7.08. The van der Waals surface area contributed by atoms with E-state index in [9.17, 15) is 4.39 Å². The number of nitrogens with one attached hydrogen (secondary N) is 1. The summed E-state index contributed by atoms with van der Waals surface area (Å²) in [5.41, 5.74) is 2.16. The fourth-order valence-corrected chi connectivity index (χ4v) is 2.79. The molecule has 0 amide bonds. The van der Waals surface area contributed by atoms with Crippen molar-refractivity contribution < 1.29 is 8.91 Å². The average Bonchev–Trinajstić information content (AvgIpc) is 3.08. The van der Waals surface area contributed by atoms with Crippen LogP contribution >= 0.6 is 23.1 Å². The van der Waals surface area contributed by atoms with Crippen LogP contribution in [0.5, 0.6) is 0 Å². The standard InChI is InChI=1S/C13H10ClFN4OS/c1-6-10(13(16-2)21-19-6)12-17-11(18-20-12)7-3-4-9(15)8(14)5-7/h3-5,16H,1-2H3. The molecule has 0 radical (unpaired) electrons. The predicted molar refractivity (Wildman–Crippen MR) is 80.1 cm³/mol. The van der Waals surface area contributed by atoms with E-state index in [2.05, 4.69) is 19.8 Å². The lowest BCUT2D eigenvalue weighted by atomic mass is 10.2. The first-order chi connectivity index (χ1) is 10.1. The SMILES string of the molecule is CNc1snc(C)c1-c1nc(-c2ccc(F)c(Cl)c2)no1. The zero-order chi connectivity index (χ0) is 15.0. The summed E-state index contributed by atoms with van der Waals surface area (Å²) in [6, 6.07) is 4.28. The molecule has 0 aliphatic rings. The highest BCUT2D eigenvalue weighted by atomic mass is 35.5. The van der Waals surface area contributed by atoms with Gasteiger partial charge < -0.3 is 9.84 Å². The Labute approximate surface area is 128 Å². The third-order valence-electron chi connectivity index (χ3n) is 2.91. The van der Waals surface area contributed by atoms with Gasteiger partial charge in [-0.05, 0) is 36.7 Å². The maximum Gasteiger partial charge on any atom is 0.263 e. The van der Waals surface area contributed by atoms with Crippen molar-refractivity contribution in [2.45, 2.75) is 6.92 Å². The second kappa shape index (κ2) is 5.42. The van der Waals surface area contributed by atoms with Crippen molar-refractivity contribution in [2.24, 2.45) is 0 Å². The molecule has 21 heavy (non-hydrogen) atoms. The third-order valence-corrected chi connectivity index (χ3v) is 4.15. The Balaban J connectivity index is 2.03. The largest absolute Gasteiger partial charge is 0.378 e. The minimum Gasteiger partial charge on any atom is -0.378 e. The van der Waals surface area contributed by atoms with E-state index in [1.807, 2.05) is 6.92 Å². The monoisotopic (exact) mass is 324 g/mol. The maximum absolute atomic E-state index is 13.2. The van der Waals surface area contributed by atoms with Gasteiger partial charge in [-0.25, -0.2) is 4.39 Å². The van der Waals surface area contributed by atoms with Gasteiger partial charge in [0.15, 0.2) is 0 Å². The van der Waals surface area contributed by atoms with Crippen LogP contribution in [-0.4, -0.2) is 21.6 Å². The van der Waals surface area contributed by atoms with E-state index in [1.165, 1.54) is 23.7 Å². The average molecular weight is 325 g/mol. The summed E-state index contributed by atoms with van der Waals surface area (Å²) in [6.07, 6.45) is 0. The second-order valence-corrected chi connectivity index (χ2v) is 5.45. The van der Waals surface area contributed by atoms with Crippen LogP contribution in [0, 0.1) is 12.7 Å². The highest BCUT2D eigenvalue weighted by molar-refractivity contribution is 7.10. The Morgan fingerprint density at radius 2 is 2.19 bits per heavy atom. The van der Waals surface area contributed by atoms with Crippen molar-refractivity contribution in [2.75, 3.05) is 12.4 Å². The molecule has 1 N–H and O–H groups in total. The quantitative estimate of drug-likeness (QED) is 0.788. The van der Waals surface area contributed by atoms with E-state index in [0.29, 0.717) is 17.3 Å². The fourth-order valence-electron chi connectivity index (χ4n) is 1.87. The zero-order valence-electron chi connectivity index (χ0n) is 11.1. The van der Waals surface area contributed by atoms with Gasteiger partial charge in [0, 0.05) is 12.6 Å². The van der Waals surface area contributed by atoms with Crippen molar-refractivity contribution in [1.82, 2.24) is 14.5 Å². The van der Waals surface area contributed by atoms with Gasteiger partial charge in [-0.3, -0.25) is 0 Å². The van der Waals surface area contributed by atoms with E-state index >= 15 is 0 Å². The van der Waals surface area contributed by atoms with E-state index < -0.39 is 5.82 Å². The van der Waals surface area contributed by atoms with Crippen LogP contribution in [0.3, 0.4) is 0 Å². The molecule has 3 aromatic rings. The minimum atomic E-state index is -0.487. The number of rotatable bonds is 3. The van der Waals surface area contributed by atoms with E-state index in [-0.39, 0.29) is 5.02 Å². The van der Waals surface area contributed by atoms with E-state index in [1.54, 1.807) is 13.1 Å². The van der Waals surface area contributed by atoms with Crippen LogP contribution in [0.4, 0.5) is 9.39 Å². The molecule has 0 atom stereocenters. The van der Waals surface area contributed by atoms with E-state index in [4.69, 9.17) is 16.1 Å². The number of halogens is 2. The number of aryl methyl sites for hydroxylation is 1. The van der Waals surface area contributed by atoms with Gasteiger partial charge in [0.05, 0.1) is 16.3 Å². The molecule has 0 saturated heterocycles. The lowest BCUT2D eigenvalue weighted by Crippen LogP contribution is -1.89. The molecule has 0 saturated carbocycles.